The highest BCUT2D eigenvalue weighted by Gasteiger charge is 2.13. The van der Waals surface area contributed by atoms with E-state index in [9.17, 15) is 9.90 Å². The fourth-order valence-electron chi connectivity index (χ4n) is 1.99. The summed E-state index contributed by atoms with van der Waals surface area (Å²) in [6.07, 6.45) is 2.88. The van der Waals surface area contributed by atoms with Crippen LogP contribution in [0.3, 0.4) is 0 Å². The van der Waals surface area contributed by atoms with Crippen molar-refractivity contribution in [3.05, 3.63) is 30.1 Å². The van der Waals surface area contributed by atoms with Crippen LogP contribution in [-0.2, 0) is 11.2 Å². The molecule has 0 aliphatic carbocycles. The second-order valence-corrected chi connectivity index (χ2v) is 4.57. The number of fused-ring (bicyclic) bond motifs is 1. The van der Waals surface area contributed by atoms with Crippen molar-refractivity contribution in [2.75, 3.05) is 0 Å². The van der Waals surface area contributed by atoms with Crippen LogP contribution >= 0.6 is 0 Å². The van der Waals surface area contributed by atoms with Crippen LogP contribution in [0, 0.1) is 0 Å². The van der Waals surface area contributed by atoms with Gasteiger partial charge in [-0.2, -0.15) is 0 Å². The van der Waals surface area contributed by atoms with E-state index in [4.69, 9.17) is 5.11 Å². The van der Waals surface area contributed by atoms with Gasteiger partial charge in [0.25, 0.3) is 0 Å². The number of tetrazole rings is 1. The predicted octanol–water partition coefficient (Wildman–Crippen LogP) is -0.108. The van der Waals surface area contributed by atoms with Crippen molar-refractivity contribution in [3.63, 3.8) is 0 Å². The van der Waals surface area contributed by atoms with Crippen LogP contribution in [0.25, 0.3) is 17.2 Å². The normalized spacial score (nSPS) is 12.6. The third-order valence-electron chi connectivity index (χ3n) is 3.09. The molecular weight excluding hydrogens is 276 g/mol. The van der Waals surface area contributed by atoms with Crippen molar-refractivity contribution in [1.82, 2.24) is 30.0 Å². The lowest BCUT2D eigenvalue weighted by Crippen LogP contribution is -2.19. The number of aliphatic hydroxyl groups excluding tert-OH is 1. The number of aromatic amines is 1. The number of aromatic nitrogens is 6. The van der Waals surface area contributed by atoms with Crippen molar-refractivity contribution in [3.8, 4) is 11.5 Å². The number of hydrogen-bond donors (Lipinski definition) is 3. The first-order valence-electron chi connectivity index (χ1n) is 6.26. The van der Waals surface area contributed by atoms with E-state index in [1.165, 1.54) is 0 Å². The average Bonchev–Trinajstić information content (AvgIpc) is 3.12. The molecule has 0 bridgehead atoms. The van der Waals surface area contributed by atoms with E-state index in [1.807, 2.05) is 18.3 Å². The number of nitrogens with zero attached hydrogens (tertiary/aromatic N) is 5. The fraction of sp³-hybridized carbons (Fsp3) is 0.250. The highest BCUT2D eigenvalue weighted by atomic mass is 16.4. The molecule has 3 aromatic heterocycles. The molecule has 3 heterocycles. The molecule has 9 nitrogen and oxygen atoms in total. The van der Waals surface area contributed by atoms with Crippen LogP contribution in [0.5, 0.6) is 0 Å². The standard InChI is InChI=1S/C12H12N6O3/c19-9(12(20)21)3-1-7-2-4-10-13-8(6-18(10)5-7)11-14-16-17-15-11/h2,4-6,9,19H,1,3H2,(H,20,21)(H,14,15,16,17). The van der Waals surface area contributed by atoms with E-state index in [-0.39, 0.29) is 6.42 Å². The number of rotatable bonds is 5. The summed E-state index contributed by atoms with van der Waals surface area (Å²) in [6.45, 7) is 0. The molecule has 1 atom stereocenters. The van der Waals surface area contributed by atoms with Gasteiger partial charge < -0.3 is 14.6 Å². The number of carboxylic acid groups (broad SMARTS) is 1. The molecule has 3 N–H and O–H groups in total. The molecule has 0 saturated heterocycles. The van der Waals surface area contributed by atoms with E-state index in [0.717, 1.165) is 11.2 Å². The second-order valence-electron chi connectivity index (χ2n) is 4.57. The number of imidazole rings is 1. The fourth-order valence-corrected chi connectivity index (χ4v) is 1.99. The van der Waals surface area contributed by atoms with E-state index in [1.54, 1.807) is 10.6 Å². The Morgan fingerprint density at radius 3 is 2.95 bits per heavy atom. The summed E-state index contributed by atoms with van der Waals surface area (Å²) in [5, 5.41) is 31.4. The summed E-state index contributed by atoms with van der Waals surface area (Å²) in [7, 11) is 0. The lowest BCUT2D eigenvalue weighted by molar-refractivity contribution is -0.146. The summed E-state index contributed by atoms with van der Waals surface area (Å²) in [4.78, 5) is 14.9. The number of aliphatic hydroxyl groups is 1. The van der Waals surface area contributed by atoms with Crippen LogP contribution in [0.2, 0.25) is 0 Å². The molecule has 0 aromatic carbocycles. The molecule has 0 fully saturated rings. The SMILES string of the molecule is O=C(O)C(O)CCc1ccc2nc(-c3nnn[nH]3)cn2c1. The van der Waals surface area contributed by atoms with Crippen LogP contribution in [-0.4, -0.2) is 52.3 Å². The van der Waals surface area contributed by atoms with Gasteiger partial charge in [-0.1, -0.05) is 6.07 Å². The zero-order valence-corrected chi connectivity index (χ0v) is 10.8. The Hall–Kier alpha value is -2.81. The van der Waals surface area contributed by atoms with Crippen molar-refractivity contribution >= 4 is 11.6 Å². The minimum Gasteiger partial charge on any atom is -0.479 e. The Kier molecular flexibility index (Phi) is 3.32. The van der Waals surface area contributed by atoms with Gasteiger partial charge in [0, 0.05) is 12.4 Å². The van der Waals surface area contributed by atoms with Crippen LogP contribution in [0.4, 0.5) is 0 Å². The lowest BCUT2D eigenvalue weighted by Gasteiger charge is -2.05. The monoisotopic (exact) mass is 288 g/mol. The topological polar surface area (TPSA) is 129 Å². The van der Waals surface area contributed by atoms with Crippen LogP contribution in [0.1, 0.15) is 12.0 Å². The molecule has 1 unspecified atom stereocenters. The molecule has 108 valence electrons. The van der Waals surface area contributed by atoms with Gasteiger partial charge in [0.05, 0.1) is 0 Å². The van der Waals surface area contributed by atoms with Gasteiger partial charge in [0.1, 0.15) is 11.3 Å². The summed E-state index contributed by atoms with van der Waals surface area (Å²) < 4.78 is 1.81. The summed E-state index contributed by atoms with van der Waals surface area (Å²) in [6, 6.07) is 3.66. The van der Waals surface area contributed by atoms with Crippen molar-refractivity contribution < 1.29 is 15.0 Å². The number of carboxylic acids is 1. The third kappa shape index (κ3) is 2.72. The Morgan fingerprint density at radius 2 is 2.24 bits per heavy atom. The maximum absolute atomic E-state index is 10.6. The van der Waals surface area contributed by atoms with Gasteiger partial charge in [0.15, 0.2) is 11.9 Å². The lowest BCUT2D eigenvalue weighted by atomic mass is 10.1. The summed E-state index contributed by atoms with van der Waals surface area (Å²) in [5.41, 5.74) is 2.24. The smallest absolute Gasteiger partial charge is 0.332 e. The zero-order chi connectivity index (χ0) is 14.8. The Labute approximate surface area is 118 Å². The van der Waals surface area contributed by atoms with E-state index >= 15 is 0 Å². The molecule has 3 aromatic rings. The van der Waals surface area contributed by atoms with Crippen molar-refractivity contribution in [2.45, 2.75) is 18.9 Å². The molecular formula is C12H12N6O3. The van der Waals surface area contributed by atoms with Gasteiger partial charge in [-0.25, -0.2) is 14.9 Å². The summed E-state index contributed by atoms with van der Waals surface area (Å²) >= 11 is 0. The number of nitrogens with one attached hydrogen (secondary N) is 1. The molecule has 21 heavy (non-hydrogen) atoms. The molecule has 3 rings (SSSR count). The Bertz CT molecular complexity index is 766. The molecule has 0 spiro atoms. The first-order chi connectivity index (χ1) is 10.1. The molecule has 0 radical (unpaired) electrons. The molecule has 0 amide bonds. The minimum atomic E-state index is -1.35. The number of aryl methyl sites for hydroxylation is 1. The number of H-pyrrole nitrogens is 1. The number of carbonyl (C=O) groups is 1. The van der Waals surface area contributed by atoms with Crippen molar-refractivity contribution in [2.24, 2.45) is 0 Å². The number of hydrogen-bond acceptors (Lipinski definition) is 6. The largest absolute Gasteiger partial charge is 0.479 e. The Balaban J connectivity index is 1.82. The van der Waals surface area contributed by atoms with Gasteiger partial charge in [-0.15, -0.1) is 5.10 Å². The highest BCUT2D eigenvalue weighted by Crippen LogP contribution is 2.15. The number of aliphatic carboxylic acids is 1. The van der Waals surface area contributed by atoms with Gasteiger partial charge >= 0.3 is 5.97 Å². The summed E-state index contributed by atoms with van der Waals surface area (Å²) in [5.74, 6) is -0.736. The molecule has 9 heteroatoms. The number of pyridine rings is 1. The van der Waals surface area contributed by atoms with Crippen molar-refractivity contribution in [1.29, 1.82) is 0 Å². The minimum absolute atomic E-state index is 0.161. The molecule has 0 saturated carbocycles. The predicted molar refractivity (Wildman–Crippen MR) is 70.3 cm³/mol. The first-order valence-corrected chi connectivity index (χ1v) is 6.26. The zero-order valence-electron chi connectivity index (χ0n) is 10.8. The first kappa shape index (κ1) is 13.2. The molecule has 0 aliphatic heterocycles. The maximum Gasteiger partial charge on any atom is 0.332 e. The maximum atomic E-state index is 10.6. The quantitative estimate of drug-likeness (QED) is 0.597. The third-order valence-corrected chi connectivity index (χ3v) is 3.09. The van der Waals surface area contributed by atoms with Crippen LogP contribution in [0.15, 0.2) is 24.5 Å². The van der Waals surface area contributed by atoms with E-state index in [2.05, 4.69) is 25.6 Å². The van der Waals surface area contributed by atoms with Gasteiger partial charge in [-0.05, 0) is 34.9 Å². The Morgan fingerprint density at radius 1 is 1.38 bits per heavy atom. The van der Waals surface area contributed by atoms with E-state index in [0.29, 0.717) is 17.9 Å². The van der Waals surface area contributed by atoms with Gasteiger partial charge in [0.2, 0.25) is 0 Å². The second kappa shape index (κ2) is 5.29. The van der Waals surface area contributed by atoms with Crippen LogP contribution < -0.4 is 0 Å². The average molecular weight is 288 g/mol. The van der Waals surface area contributed by atoms with Gasteiger partial charge in [-0.3, -0.25) is 0 Å². The van der Waals surface area contributed by atoms with E-state index < -0.39 is 12.1 Å². The highest BCUT2D eigenvalue weighted by molar-refractivity contribution is 5.71. The molecule has 0 aliphatic rings.